The summed E-state index contributed by atoms with van der Waals surface area (Å²) in [4.78, 5) is 19.2. The van der Waals surface area contributed by atoms with Crippen LogP contribution in [-0.4, -0.2) is 35.8 Å². The molecule has 0 aliphatic heterocycles. The molecule has 0 saturated carbocycles. The average Bonchev–Trinajstić information content (AvgIpc) is 3.14. The smallest absolute Gasteiger partial charge is 0.344 e. The van der Waals surface area contributed by atoms with Gasteiger partial charge in [0.2, 0.25) is 0 Å². The van der Waals surface area contributed by atoms with Crippen molar-refractivity contribution in [2.75, 3.05) is 19.8 Å². The fourth-order valence-electron chi connectivity index (χ4n) is 2.91. The molecule has 3 rings (SSSR count). The van der Waals surface area contributed by atoms with Crippen LogP contribution in [0.15, 0.2) is 36.4 Å². The first kappa shape index (κ1) is 20.9. The number of nitrogens with one attached hydrogen (secondary N) is 1. The summed E-state index contributed by atoms with van der Waals surface area (Å²) in [7, 11) is 0. The molecule has 0 aliphatic rings. The highest BCUT2D eigenvalue weighted by molar-refractivity contribution is 5.90. The van der Waals surface area contributed by atoms with E-state index < -0.39 is 5.97 Å². The monoisotopic (exact) mass is 405 g/mol. The summed E-state index contributed by atoms with van der Waals surface area (Å²) in [6.07, 6.45) is 1.72. The van der Waals surface area contributed by atoms with Crippen molar-refractivity contribution < 1.29 is 19.0 Å². The van der Waals surface area contributed by atoms with Gasteiger partial charge in [-0.1, -0.05) is 12.1 Å². The van der Waals surface area contributed by atoms with E-state index in [1.54, 1.807) is 31.2 Å². The first-order valence-corrected chi connectivity index (χ1v) is 9.67. The van der Waals surface area contributed by atoms with Gasteiger partial charge < -0.3 is 19.2 Å². The summed E-state index contributed by atoms with van der Waals surface area (Å²) in [5, 5.41) is 9.66. The molecule has 0 bridgehead atoms. The number of benzene rings is 2. The zero-order valence-electron chi connectivity index (χ0n) is 17.2. The van der Waals surface area contributed by atoms with Crippen molar-refractivity contribution in [1.82, 2.24) is 9.97 Å². The standard InChI is InChI=1S/C23H23N3O4/c1-4-28-21-12-16(7-9-20(21)30-14-22(27)29-5-2)11-17(13-24)23-25-18-8-6-15(3)10-19(18)26-23/h6-12H,4-5,14H2,1-3H3,(H,25,26)/b17-11-. The van der Waals surface area contributed by atoms with Gasteiger partial charge in [-0.15, -0.1) is 0 Å². The number of hydrogen-bond donors (Lipinski definition) is 1. The lowest BCUT2D eigenvalue weighted by Crippen LogP contribution is -2.15. The average molecular weight is 405 g/mol. The largest absolute Gasteiger partial charge is 0.490 e. The van der Waals surface area contributed by atoms with Gasteiger partial charge in [0.1, 0.15) is 11.9 Å². The molecular weight excluding hydrogens is 382 g/mol. The van der Waals surface area contributed by atoms with E-state index in [1.165, 1.54) is 0 Å². The molecule has 0 amide bonds. The predicted molar refractivity (Wildman–Crippen MR) is 114 cm³/mol. The van der Waals surface area contributed by atoms with E-state index in [0.29, 0.717) is 36.1 Å². The van der Waals surface area contributed by atoms with Crippen LogP contribution in [-0.2, 0) is 9.53 Å². The first-order valence-electron chi connectivity index (χ1n) is 9.67. The van der Waals surface area contributed by atoms with Crippen molar-refractivity contribution in [3.8, 4) is 17.6 Å². The number of aromatic amines is 1. The van der Waals surface area contributed by atoms with Crippen LogP contribution in [0.25, 0.3) is 22.7 Å². The van der Waals surface area contributed by atoms with Gasteiger partial charge in [0, 0.05) is 0 Å². The van der Waals surface area contributed by atoms with Crippen molar-refractivity contribution in [3.05, 3.63) is 53.3 Å². The Hall–Kier alpha value is -3.79. The number of aromatic nitrogens is 2. The highest BCUT2D eigenvalue weighted by Crippen LogP contribution is 2.30. The topological polar surface area (TPSA) is 97.2 Å². The number of aryl methyl sites for hydroxylation is 1. The SMILES string of the molecule is CCOC(=O)COc1ccc(/C=C(/C#N)c2nc3ccc(C)cc3[nH]2)cc1OCC. The van der Waals surface area contributed by atoms with Crippen molar-refractivity contribution >= 4 is 28.7 Å². The van der Waals surface area contributed by atoms with Crippen LogP contribution in [0.2, 0.25) is 0 Å². The molecule has 0 aliphatic carbocycles. The fraction of sp³-hybridized carbons (Fsp3) is 0.261. The lowest BCUT2D eigenvalue weighted by molar-refractivity contribution is -0.145. The third-order valence-electron chi connectivity index (χ3n) is 4.24. The maximum atomic E-state index is 11.5. The normalized spacial score (nSPS) is 11.2. The summed E-state index contributed by atoms with van der Waals surface area (Å²) in [6.45, 7) is 6.11. The molecule has 154 valence electrons. The minimum Gasteiger partial charge on any atom is -0.490 e. The van der Waals surface area contributed by atoms with E-state index in [1.807, 2.05) is 32.0 Å². The Morgan fingerprint density at radius 3 is 2.70 bits per heavy atom. The lowest BCUT2D eigenvalue weighted by atomic mass is 10.1. The second-order valence-corrected chi connectivity index (χ2v) is 6.51. The Balaban J connectivity index is 1.88. The molecule has 0 saturated heterocycles. The molecule has 0 unspecified atom stereocenters. The Kier molecular flexibility index (Phi) is 6.71. The fourth-order valence-corrected chi connectivity index (χ4v) is 2.91. The minimum absolute atomic E-state index is 0.203. The molecule has 30 heavy (non-hydrogen) atoms. The van der Waals surface area contributed by atoms with E-state index in [4.69, 9.17) is 14.2 Å². The molecule has 0 radical (unpaired) electrons. The van der Waals surface area contributed by atoms with Crippen LogP contribution >= 0.6 is 0 Å². The van der Waals surface area contributed by atoms with Crippen LogP contribution in [0.4, 0.5) is 0 Å². The van der Waals surface area contributed by atoms with Crippen LogP contribution in [0, 0.1) is 18.3 Å². The Morgan fingerprint density at radius 2 is 1.97 bits per heavy atom. The Morgan fingerprint density at radius 1 is 1.13 bits per heavy atom. The summed E-state index contributed by atoms with van der Waals surface area (Å²) in [5.41, 5.74) is 3.93. The molecular formula is C23H23N3O4. The maximum absolute atomic E-state index is 11.5. The lowest BCUT2D eigenvalue weighted by Gasteiger charge is -2.12. The van der Waals surface area contributed by atoms with Crippen LogP contribution < -0.4 is 9.47 Å². The van der Waals surface area contributed by atoms with Gasteiger partial charge in [0.15, 0.2) is 18.1 Å². The number of fused-ring (bicyclic) bond motifs is 1. The van der Waals surface area contributed by atoms with Crippen molar-refractivity contribution in [1.29, 1.82) is 5.26 Å². The number of imidazole rings is 1. The maximum Gasteiger partial charge on any atom is 0.344 e. The molecule has 3 aromatic rings. The first-order chi connectivity index (χ1) is 14.5. The summed E-state index contributed by atoms with van der Waals surface area (Å²) >= 11 is 0. The molecule has 1 heterocycles. The van der Waals surface area contributed by atoms with Crippen molar-refractivity contribution in [3.63, 3.8) is 0 Å². The molecule has 2 aromatic carbocycles. The predicted octanol–water partition coefficient (Wildman–Crippen LogP) is 4.28. The number of nitrogens with zero attached hydrogens (tertiary/aromatic N) is 2. The minimum atomic E-state index is -0.448. The van der Waals surface area contributed by atoms with E-state index in [9.17, 15) is 10.1 Å². The third kappa shape index (κ3) is 4.97. The number of nitriles is 1. The number of rotatable bonds is 8. The van der Waals surface area contributed by atoms with Gasteiger partial charge in [0.05, 0.1) is 29.8 Å². The quantitative estimate of drug-likeness (QED) is 0.444. The number of esters is 1. The highest BCUT2D eigenvalue weighted by atomic mass is 16.6. The van der Waals surface area contributed by atoms with Crippen LogP contribution in [0.3, 0.4) is 0 Å². The van der Waals surface area contributed by atoms with Crippen molar-refractivity contribution in [2.24, 2.45) is 0 Å². The summed E-state index contributed by atoms with van der Waals surface area (Å²) in [6, 6.07) is 13.3. The number of hydrogen-bond acceptors (Lipinski definition) is 6. The highest BCUT2D eigenvalue weighted by Gasteiger charge is 2.12. The number of carbonyl (C=O) groups is 1. The Bertz CT molecular complexity index is 1130. The molecule has 7 nitrogen and oxygen atoms in total. The van der Waals surface area contributed by atoms with E-state index in [0.717, 1.165) is 22.2 Å². The molecule has 1 aromatic heterocycles. The second-order valence-electron chi connectivity index (χ2n) is 6.51. The van der Waals surface area contributed by atoms with Crippen LogP contribution in [0.1, 0.15) is 30.8 Å². The van der Waals surface area contributed by atoms with Gasteiger partial charge in [0.25, 0.3) is 0 Å². The number of ether oxygens (including phenoxy) is 3. The van der Waals surface area contributed by atoms with E-state index in [-0.39, 0.29) is 6.61 Å². The zero-order chi connectivity index (χ0) is 21.5. The summed E-state index contributed by atoms with van der Waals surface area (Å²) < 4.78 is 16.0. The molecule has 1 N–H and O–H groups in total. The van der Waals surface area contributed by atoms with E-state index in [2.05, 4.69) is 16.0 Å². The van der Waals surface area contributed by atoms with E-state index >= 15 is 0 Å². The third-order valence-corrected chi connectivity index (χ3v) is 4.24. The number of carbonyl (C=O) groups excluding carboxylic acids is 1. The van der Waals surface area contributed by atoms with Gasteiger partial charge in [-0.25, -0.2) is 9.78 Å². The number of H-pyrrole nitrogens is 1. The Labute approximate surface area is 174 Å². The molecule has 0 fully saturated rings. The van der Waals surface area contributed by atoms with Gasteiger partial charge in [-0.3, -0.25) is 0 Å². The summed E-state index contributed by atoms with van der Waals surface area (Å²) in [5.74, 6) is 0.961. The zero-order valence-corrected chi connectivity index (χ0v) is 17.2. The molecule has 7 heteroatoms. The van der Waals surface area contributed by atoms with Gasteiger partial charge in [-0.05, 0) is 62.2 Å². The van der Waals surface area contributed by atoms with Crippen LogP contribution in [0.5, 0.6) is 11.5 Å². The van der Waals surface area contributed by atoms with Gasteiger partial charge in [-0.2, -0.15) is 5.26 Å². The van der Waals surface area contributed by atoms with Crippen molar-refractivity contribution in [2.45, 2.75) is 20.8 Å². The molecule has 0 atom stereocenters. The molecule has 0 spiro atoms. The van der Waals surface area contributed by atoms with Gasteiger partial charge >= 0.3 is 5.97 Å². The second kappa shape index (κ2) is 9.61. The number of allylic oxidation sites excluding steroid dienone is 1.